The number of rotatable bonds is 4. The fourth-order valence-electron chi connectivity index (χ4n) is 1.51. The molecule has 0 aromatic heterocycles. The summed E-state index contributed by atoms with van der Waals surface area (Å²) in [7, 11) is 0. The lowest BCUT2D eigenvalue weighted by atomic mass is 10.1. The van der Waals surface area contributed by atoms with E-state index in [0.29, 0.717) is 13.2 Å². The summed E-state index contributed by atoms with van der Waals surface area (Å²) in [6.07, 6.45) is -1.86. The summed E-state index contributed by atoms with van der Waals surface area (Å²) in [5, 5.41) is 18.4. The van der Waals surface area contributed by atoms with E-state index in [0.717, 1.165) is 0 Å². The topological polar surface area (TPSA) is 84.9 Å². The van der Waals surface area contributed by atoms with Gasteiger partial charge in [0.2, 0.25) is 0 Å². The Labute approximate surface area is 77.4 Å². The van der Waals surface area contributed by atoms with Crippen molar-refractivity contribution in [1.29, 1.82) is 0 Å². The van der Waals surface area contributed by atoms with Crippen LogP contribution in [-0.2, 0) is 9.47 Å². The first-order chi connectivity index (χ1) is 6.20. The van der Waals surface area contributed by atoms with E-state index in [2.05, 4.69) is 0 Å². The van der Waals surface area contributed by atoms with Gasteiger partial charge in [-0.25, -0.2) is 0 Å². The predicted molar refractivity (Wildman–Crippen MR) is 46.2 cm³/mol. The Balaban J connectivity index is 2.44. The number of hydrogen-bond donors (Lipinski definition) is 3. The van der Waals surface area contributed by atoms with E-state index in [1.54, 1.807) is 6.92 Å². The molecule has 0 radical (unpaired) electrons. The third-order valence-corrected chi connectivity index (χ3v) is 2.18. The number of ether oxygens (including phenoxy) is 2. The highest BCUT2D eigenvalue weighted by Gasteiger charge is 2.41. The van der Waals surface area contributed by atoms with Crippen molar-refractivity contribution in [2.75, 3.05) is 19.8 Å². The van der Waals surface area contributed by atoms with Crippen molar-refractivity contribution in [3.8, 4) is 0 Å². The monoisotopic (exact) mass is 191 g/mol. The van der Waals surface area contributed by atoms with E-state index in [-0.39, 0.29) is 18.8 Å². The number of nitrogens with two attached hydrogens (primary N) is 1. The summed E-state index contributed by atoms with van der Waals surface area (Å²) in [6.45, 7) is 2.43. The summed E-state index contributed by atoms with van der Waals surface area (Å²) < 4.78 is 10.6. The number of aliphatic hydroxyl groups excluding tert-OH is 2. The van der Waals surface area contributed by atoms with E-state index in [1.807, 2.05) is 0 Å². The van der Waals surface area contributed by atoms with Crippen LogP contribution in [0.4, 0.5) is 0 Å². The first-order valence-electron chi connectivity index (χ1n) is 4.46. The fourth-order valence-corrected chi connectivity index (χ4v) is 1.51. The van der Waals surface area contributed by atoms with Gasteiger partial charge in [0.05, 0.1) is 19.3 Å². The van der Waals surface area contributed by atoms with Crippen molar-refractivity contribution < 1.29 is 19.7 Å². The van der Waals surface area contributed by atoms with Crippen molar-refractivity contribution in [3.05, 3.63) is 0 Å². The molecule has 0 saturated carbocycles. The van der Waals surface area contributed by atoms with Crippen LogP contribution in [0.15, 0.2) is 0 Å². The lowest BCUT2D eigenvalue weighted by Gasteiger charge is -2.17. The highest BCUT2D eigenvalue weighted by Crippen LogP contribution is 2.23. The molecular weight excluding hydrogens is 174 g/mol. The van der Waals surface area contributed by atoms with Gasteiger partial charge in [0.15, 0.2) is 0 Å². The van der Waals surface area contributed by atoms with Gasteiger partial charge in [0, 0.05) is 6.54 Å². The van der Waals surface area contributed by atoms with Crippen LogP contribution in [0.1, 0.15) is 6.92 Å². The first-order valence-corrected chi connectivity index (χ1v) is 4.46. The molecule has 0 aromatic carbocycles. The van der Waals surface area contributed by atoms with Crippen molar-refractivity contribution >= 4 is 0 Å². The maximum absolute atomic E-state index is 9.59. The second-order valence-electron chi connectivity index (χ2n) is 3.18. The molecule has 1 heterocycles. The Bertz CT molecular complexity index is 155. The van der Waals surface area contributed by atoms with Crippen molar-refractivity contribution in [2.24, 2.45) is 5.73 Å². The molecule has 0 aliphatic carbocycles. The van der Waals surface area contributed by atoms with Gasteiger partial charge in [0.25, 0.3) is 0 Å². The van der Waals surface area contributed by atoms with Gasteiger partial charge >= 0.3 is 0 Å². The average molecular weight is 191 g/mol. The van der Waals surface area contributed by atoms with E-state index in [4.69, 9.17) is 20.3 Å². The summed E-state index contributed by atoms with van der Waals surface area (Å²) in [5.74, 6) is 0. The molecule has 0 amide bonds. The van der Waals surface area contributed by atoms with Crippen LogP contribution in [0.5, 0.6) is 0 Å². The second-order valence-corrected chi connectivity index (χ2v) is 3.18. The summed E-state index contributed by atoms with van der Waals surface area (Å²) in [4.78, 5) is 0. The normalized spacial score (nSPS) is 39.7. The van der Waals surface area contributed by atoms with Crippen molar-refractivity contribution in [1.82, 2.24) is 0 Å². The molecule has 4 atom stereocenters. The van der Waals surface area contributed by atoms with Crippen LogP contribution in [0.25, 0.3) is 0 Å². The lowest BCUT2D eigenvalue weighted by Crippen LogP contribution is -2.36. The molecule has 1 saturated heterocycles. The Kier molecular flexibility index (Phi) is 4.08. The molecule has 5 heteroatoms. The number of hydrogen-bond acceptors (Lipinski definition) is 5. The van der Waals surface area contributed by atoms with Gasteiger partial charge in [-0.1, -0.05) is 0 Å². The Morgan fingerprint density at radius 3 is 2.69 bits per heavy atom. The zero-order valence-corrected chi connectivity index (χ0v) is 7.72. The van der Waals surface area contributed by atoms with Crippen molar-refractivity contribution in [2.45, 2.75) is 31.3 Å². The quantitative estimate of drug-likeness (QED) is 0.502. The Hall–Kier alpha value is -0.200. The third-order valence-electron chi connectivity index (χ3n) is 2.18. The van der Waals surface area contributed by atoms with Gasteiger partial charge in [0.1, 0.15) is 18.3 Å². The minimum absolute atomic E-state index is 0.187. The minimum atomic E-state index is -0.758. The van der Waals surface area contributed by atoms with Crippen LogP contribution in [-0.4, -0.2) is 54.4 Å². The second kappa shape index (κ2) is 4.88. The molecule has 78 valence electrons. The van der Waals surface area contributed by atoms with Gasteiger partial charge < -0.3 is 25.4 Å². The molecule has 1 rings (SSSR count). The maximum Gasteiger partial charge on any atom is 0.112 e. The van der Waals surface area contributed by atoms with E-state index in [9.17, 15) is 5.11 Å². The SMILES string of the molecule is C[C@@H]1O[C@H](CO)[C@H](O)C1OCCN. The van der Waals surface area contributed by atoms with E-state index in [1.165, 1.54) is 0 Å². The van der Waals surface area contributed by atoms with Gasteiger partial charge in [-0.2, -0.15) is 0 Å². The summed E-state index contributed by atoms with van der Waals surface area (Å²) in [5.41, 5.74) is 5.27. The van der Waals surface area contributed by atoms with Gasteiger partial charge in [-0.05, 0) is 6.92 Å². The largest absolute Gasteiger partial charge is 0.394 e. The highest BCUT2D eigenvalue weighted by molar-refractivity contribution is 4.89. The zero-order valence-electron chi connectivity index (χ0n) is 7.72. The zero-order chi connectivity index (χ0) is 9.84. The Morgan fingerprint density at radius 1 is 1.54 bits per heavy atom. The fraction of sp³-hybridized carbons (Fsp3) is 1.00. The van der Waals surface area contributed by atoms with Crippen LogP contribution in [0.2, 0.25) is 0 Å². The highest BCUT2D eigenvalue weighted by atomic mass is 16.6. The summed E-state index contributed by atoms with van der Waals surface area (Å²) in [6, 6.07) is 0. The molecule has 0 aromatic rings. The standard InChI is InChI=1S/C8H17NO4/c1-5-8(12-3-2-9)7(11)6(4-10)13-5/h5-8,10-11H,2-4,9H2,1H3/t5-,6+,7-,8?/m0/s1. The molecule has 13 heavy (non-hydrogen) atoms. The van der Waals surface area contributed by atoms with E-state index >= 15 is 0 Å². The lowest BCUT2D eigenvalue weighted by molar-refractivity contribution is -0.0294. The van der Waals surface area contributed by atoms with Gasteiger partial charge in [-0.3, -0.25) is 0 Å². The average Bonchev–Trinajstić information content (AvgIpc) is 2.39. The van der Waals surface area contributed by atoms with Crippen LogP contribution in [0.3, 0.4) is 0 Å². The molecule has 1 aliphatic rings. The molecule has 0 spiro atoms. The predicted octanol–water partition coefficient (Wildman–Crippen LogP) is -1.53. The molecule has 4 N–H and O–H groups in total. The number of aliphatic hydroxyl groups is 2. The van der Waals surface area contributed by atoms with Crippen molar-refractivity contribution in [3.63, 3.8) is 0 Å². The Morgan fingerprint density at radius 2 is 2.23 bits per heavy atom. The molecular formula is C8H17NO4. The minimum Gasteiger partial charge on any atom is -0.394 e. The molecule has 1 fully saturated rings. The maximum atomic E-state index is 9.59. The van der Waals surface area contributed by atoms with Crippen LogP contribution in [0, 0.1) is 0 Å². The van der Waals surface area contributed by atoms with Crippen LogP contribution < -0.4 is 5.73 Å². The third kappa shape index (κ3) is 2.38. The van der Waals surface area contributed by atoms with E-state index < -0.39 is 12.2 Å². The van der Waals surface area contributed by atoms with Crippen LogP contribution >= 0.6 is 0 Å². The first kappa shape index (κ1) is 10.9. The van der Waals surface area contributed by atoms with Gasteiger partial charge in [-0.15, -0.1) is 0 Å². The molecule has 0 bridgehead atoms. The molecule has 1 aliphatic heterocycles. The molecule has 1 unspecified atom stereocenters. The summed E-state index contributed by atoms with van der Waals surface area (Å²) >= 11 is 0. The smallest absolute Gasteiger partial charge is 0.112 e. The molecule has 5 nitrogen and oxygen atoms in total.